The molecule has 1 aromatic carbocycles. The summed E-state index contributed by atoms with van der Waals surface area (Å²) in [6.07, 6.45) is 0.851. The average molecular weight is 319 g/mol. The Morgan fingerprint density at radius 2 is 2.24 bits per heavy atom. The smallest absolute Gasteiger partial charge is 0.243 e. The third-order valence-corrected chi connectivity index (χ3v) is 5.37. The van der Waals surface area contributed by atoms with Crippen LogP contribution in [0, 0.1) is 5.92 Å². The summed E-state index contributed by atoms with van der Waals surface area (Å²) in [4.78, 5) is 0.338. The van der Waals surface area contributed by atoms with Gasteiger partial charge in [-0.2, -0.15) is 4.31 Å². The highest BCUT2D eigenvalue weighted by Gasteiger charge is 2.31. The second kappa shape index (κ2) is 5.06. The molecule has 4 nitrogen and oxygen atoms in total. The van der Waals surface area contributed by atoms with E-state index in [1.54, 1.807) is 18.2 Å². The lowest BCUT2D eigenvalue weighted by Crippen LogP contribution is -2.30. The molecule has 1 aliphatic heterocycles. The Kier molecular flexibility index (Phi) is 3.87. The molecule has 1 aliphatic rings. The van der Waals surface area contributed by atoms with Gasteiger partial charge in [-0.3, -0.25) is 0 Å². The van der Waals surface area contributed by atoms with Crippen molar-refractivity contribution in [2.45, 2.75) is 11.3 Å². The van der Waals surface area contributed by atoms with Gasteiger partial charge in [0.2, 0.25) is 10.0 Å². The molecule has 1 heterocycles. The summed E-state index contributed by atoms with van der Waals surface area (Å²) in [5.74, 6) is 0.289. The van der Waals surface area contributed by atoms with E-state index in [4.69, 9.17) is 5.73 Å². The molecule has 17 heavy (non-hydrogen) atoms. The molecule has 0 radical (unpaired) electrons. The van der Waals surface area contributed by atoms with E-state index in [9.17, 15) is 8.42 Å². The van der Waals surface area contributed by atoms with Crippen molar-refractivity contribution in [3.63, 3.8) is 0 Å². The maximum absolute atomic E-state index is 12.3. The Morgan fingerprint density at radius 3 is 2.82 bits per heavy atom. The van der Waals surface area contributed by atoms with Crippen LogP contribution in [-0.4, -0.2) is 32.4 Å². The SMILES string of the molecule is NCC1CCN(S(=O)(=O)c2cccc(Br)c2)C1. The number of benzene rings is 1. The molecule has 0 saturated carbocycles. The van der Waals surface area contributed by atoms with Gasteiger partial charge in [0, 0.05) is 17.6 Å². The first-order chi connectivity index (χ1) is 8.04. The number of hydrogen-bond donors (Lipinski definition) is 1. The fourth-order valence-electron chi connectivity index (χ4n) is 1.98. The van der Waals surface area contributed by atoms with Crippen LogP contribution < -0.4 is 5.73 Å². The molecule has 94 valence electrons. The number of halogens is 1. The highest BCUT2D eigenvalue weighted by molar-refractivity contribution is 9.10. The summed E-state index contributed by atoms with van der Waals surface area (Å²) in [7, 11) is -3.36. The van der Waals surface area contributed by atoms with Gasteiger partial charge in [-0.1, -0.05) is 22.0 Å². The van der Waals surface area contributed by atoms with Crippen molar-refractivity contribution >= 4 is 26.0 Å². The summed E-state index contributed by atoms with van der Waals surface area (Å²) in [6.45, 7) is 1.65. The number of sulfonamides is 1. The number of rotatable bonds is 3. The highest BCUT2D eigenvalue weighted by atomic mass is 79.9. The summed E-state index contributed by atoms with van der Waals surface area (Å²) in [5.41, 5.74) is 5.57. The molecule has 2 rings (SSSR count). The normalized spacial score (nSPS) is 21.9. The minimum atomic E-state index is -3.36. The fourth-order valence-corrected chi connectivity index (χ4v) is 4.11. The van der Waals surface area contributed by atoms with Gasteiger partial charge in [0.15, 0.2) is 0 Å². The summed E-state index contributed by atoms with van der Waals surface area (Å²) < 4.78 is 26.9. The van der Waals surface area contributed by atoms with Crippen LogP contribution in [0.3, 0.4) is 0 Å². The van der Waals surface area contributed by atoms with Gasteiger partial charge in [0.25, 0.3) is 0 Å². The maximum Gasteiger partial charge on any atom is 0.243 e. The van der Waals surface area contributed by atoms with Crippen molar-refractivity contribution in [3.8, 4) is 0 Å². The van der Waals surface area contributed by atoms with Crippen molar-refractivity contribution in [1.29, 1.82) is 0 Å². The second-order valence-electron chi connectivity index (χ2n) is 4.21. The van der Waals surface area contributed by atoms with Crippen LogP contribution in [0.25, 0.3) is 0 Å². The molecule has 6 heteroatoms. The summed E-state index contributed by atoms with van der Waals surface area (Å²) >= 11 is 3.29. The number of hydrogen-bond acceptors (Lipinski definition) is 3. The first-order valence-corrected chi connectivity index (χ1v) is 7.73. The van der Waals surface area contributed by atoms with E-state index in [0.717, 1.165) is 10.9 Å². The number of nitrogens with two attached hydrogens (primary N) is 1. The third-order valence-electron chi connectivity index (χ3n) is 3.02. The van der Waals surface area contributed by atoms with Crippen LogP contribution in [0.15, 0.2) is 33.6 Å². The molecule has 1 unspecified atom stereocenters. The Balaban J connectivity index is 2.25. The van der Waals surface area contributed by atoms with E-state index in [0.29, 0.717) is 24.5 Å². The first-order valence-electron chi connectivity index (χ1n) is 5.50. The zero-order valence-corrected chi connectivity index (χ0v) is 11.7. The fraction of sp³-hybridized carbons (Fsp3) is 0.455. The summed E-state index contributed by atoms with van der Waals surface area (Å²) in [6, 6.07) is 6.79. The van der Waals surface area contributed by atoms with Gasteiger partial charge in [-0.05, 0) is 37.1 Å². The van der Waals surface area contributed by atoms with Gasteiger partial charge >= 0.3 is 0 Å². The lowest BCUT2D eigenvalue weighted by atomic mass is 10.1. The van der Waals surface area contributed by atoms with Gasteiger partial charge in [0.05, 0.1) is 4.90 Å². The zero-order chi connectivity index (χ0) is 12.5. The predicted molar refractivity (Wildman–Crippen MR) is 70.1 cm³/mol. The monoisotopic (exact) mass is 318 g/mol. The Labute approximate surface area is 110 Å². The molecular formula is C11H15BrN2O2S. The predicted octanol–water partition coefficient (Wildman–Crippen LogP) is 1.42. The minimum absolute atomic E-state index is 0.289. The van der Waals surface area contributed by atoms with Gasteiger partial charge in [0.1, 0.15) is 0 Å². The minimum Gasteiger partial charge on any atom is -0.330 e. The van der Waals surface area contributed by atoms with Crippen molar-refractivity contribution < 1.29 is 8.42 Å². The molecule has 0 bridgehead atoms. The van der Waals surface area contributed by atoms with E-state index in [1.807, 2.05) is 6.07 Å². The maximum atomic E-state index is 12.3. The molecule has 2 N–H and O–H groups in total. The van der Waals surface area contributed by atoms with E-state index < -0.39 is 10.0 Å². The van der Waals surface area contributed by atoms with Crippen molar-refractivity contribution in [1.82, 2.24) is 4.31 Å². The quantitative estimate of drug-likeness (QED) is 0.916. The molecule has 0 aromatic heterocycles. The van der Waals surface area contributed by atoms with Crippen molar-refractivity contribution in [3.05, 3.63) is 28.7 Å². The number of nitrogens with zero attached hydrogens (tertiary/aromatic N) is 1. The van der Waals surface area contributed by atoms with Crippen LogP contribution in [0.1, 0.15) is 6.42 Å². The van der Waals surface area contributed by atoms with Gasteiger partial charge in [-0.25, -0.2) is 8.42 Å². The van der Waals surface area contributed by atoms with Crippen LogP contribution >= 0.6 is 15.9 Å². The van der Waals surface area contributed by atoms with Crippen molar-refractivity contribution in [2.24, 2.45) is 11.7 Å². The molecule has 0 amide bonds. The largest absolute Gasteiger partial charge is 0.330 e. The second-order valence-corrected chi connectivity index (χ2v) is 7.06. The molecule has 1 fully saturated rings. The average Bonchev–Trinajstić information content (AvgIpc) is 2.78. The van der Waals surface area contributed by atoms with Crippen molar-refractivity contribution in [2.75, 3.05) is 19.6 Å². The van der Waals surface area contributed by atoms with Gasteiger partial charge < -0.3 is 5.73 Å². The van der Waals surface area contributed by atoms with E-state index in [-0.39, 0.29) is 5.92 Å². The molecule has 1 atom stereocenters. The molecule has 0 spiro atoms. The van der Waals surface area contributed by atoms with Crippen LogP contribution in [-0.2, 0) is 10.0 Å². The van der Waals surface area contributed by atoms with Crippen LogP contribution in [0.5, 0.6) is 0 Å². The molecule has 1 saturated heterocycles. The van der Waals surface area contributed by atoms with Crippen LogP contribution in [0.2, 0.25) is 0 Å². The lowest BCUT2D eigenvalue weighted by molar-refractivity contribution is 0.459. The summed E-state index contributed by atoms with van der Waals surface area (Å²) in [5, 5.41) is 0. The van der Waals surface area contributed by atoms with E-state index in [1.165, 1.54) is 4.31 Å². The highest BCUT2D eigenvalue weighted by Crippen LogP contribution is 2.25. The molecule has 0 aliphatic carbocycles. The molecule has 1 aromatic rings. The van der Waals surface area contributed by atoms with Gasteiger partial charge in [-0.15, -0.1) is 0 Å². The van der Waals surface area contributed by atoms with E-state index in [2.05, 4.69) is 15.9 Å². The standard InChI is InChI=1S/C11H15BrN2O2S/c12-10-2-1-3-11(6-10)17(15,16)14-5-4-9(7-13)8-14/h1-3,6,9H,4-5,7-8,13H2. The third kappa shape index (κ3) is 2.70. The lowest BCUT2D eigenvalue weighted by Gasteiger charge is -2.16. The Morgan fingerprint density at radius 1 is 1.47 bits per heavy atom. The Bertz CT molecular complexity index is 504. The topological polar surface area (TPSA) is 63.4 Å². The Hall–Kier alpha value is -0.430. The van der Waals surface area contributed by atoms with Crippen LogP contribution in [0.4, 0.5) is 0 Å². The zero-order valence-electron chi connectivity index (χ0n) is 9.34. The van der Waals surface area contributed by atoms with E-state index >= 15 is 0 Å². The first kappa shape index (κ1) is 13.0. The molecular weight excluding hydrogens is 304 g/mol.